The third-order valence-corrected chi connectivity index (χ3v) is 4.12. The number of benzene rings is 2. The molecule has 0 radical (unpaired) electrons. The van der Waals surface area contributed by atoms with E-state index in [1.54, 1.807) is 55.5 Å². The predicted molar refractivity (Wildman–Crippen MR) is 98.4 cm³/mol. The summed E-state index contributed by atoms with van der Waals surface area (Å²) in [5, 5.41) is 5.52. The monoisotopic (exact) mass is 364 g/mol. The lowest BCUT2D eigenvalue weighted by Crippen LogP contribution is -2.18. The van der Waals surface area contributed by atoms with Crippen molar-refractivity contribution < 1.29 is 23.5 Å². The van der Waals surface area contributed by atoms with Crippen LogP contribution >= 0.6 is 0 Å². The number of hydrogen-bond acceptors (Lipinski definition) is 5. The second-order valence-electron chi connectivity index (χ2n) is 5.95. The summed E-state index contributed by atoms with van der Waals surface area (Å²) in [6, 6.07) is 13.6. The molecule has 0 bridgehead atoms. The smallest absolute Gasteiger partial charge is 0.291 e. The van der Waals surface area contributed by atoms with Crippen molar-refractivity contribution in [3.8, 4) is 11.5 Å². The van der Waals surface area contributed by atoms with Crippen LogP contribution in [0.3, 0.4) is 0 Å². The number of anilines is 2. The van der Waals surface area contributed by atoms with Gasteiger partial charge in [0.05, 0.1) is 17.5 Å². The van der Waals surface area contributed by atoms with E-state index in [1.165, 1.54) is 6.26 Å². The van der Waals surface area contributed by atoms with E-state index in [-0.39, 0.29) is 18.5 Å². The molecule has 0 aliphatic carbocycles. The summed E-state index contributed by atoms with van der Waals surface area (Å²) in [6.45, 7) is 1.93. The van der Waals surface area contributed by atoms with Gasteiger partial charge in [0.15, 0.2) is 17.3 Å². The Morgan fingerprint density at radius 2 is 1.74 bits per heavy atom. The zero-order chi connectivity index (χ0) is 18.8. The Morgan fingerprint density at radius 3 is 2.56 bits per heavy atom. The van der Waals surface area contributed by atoms with Crippen LogP contribution in [0.1, 0.15) is 26.5 Å². The number of ether oxygens (including phenoxy) is 2. The molecular formula is C20H16N2O5. The predicted octanol–water partition coefficient (Wildman–Crippen LogP) is 3.82. The summed E-state index contributed by atoms with van der Waals surface area (Å²) in [7, 11) is 0. The fraction of sp³-hybridized carbons (Fsp3) is 0.100. The molecule has 0 spiro atoms. The highest BCUT2D eigenvalue weighted by Crippen LogP contribution is 2.34. The lowest BCUT2D eigenvalue weighted by Gasteiger charge is -2.11. The molecule has 1 aliphatic heterocycles. The molecule has 7 heteroatoms. The van der Waals surface area contributed by atoms with E-state index < -0.39 is 5.91 Å². The van der Waals surface area contributed by atoms with E-state index in [1.807, 2.05) is 0 Å². The maximum atomic E-state index is 12.7. The largest absolute Gasteiger partial charge is 0.459 e. The van der Waals surface area contributed by atoms with Crippen molar-refractivity contribution >= 4 is 23.2 Å². The first-order valence-electron chi connectivity index (χ1n) is 8.27. The Morgan fingerprint density at radius 1 is 0.926 bits per heavy atom. The summed E-state index contributed by atoms with van der Waals surface area (Å²) in [4.78, 5) is 25.1. The standard InChI is InChI=1S/C20H16N2O5/c1-12-8-9-25-18(12)20(24)22-15-5-3-2-4-14(15)19(23)21-13-6-7-16-17(10-13)27-11-26-16/h2-10H,11H2,1H3,(H,21,23)(H,22,24). The average molecular weight is 364 g/mol. The van der Waals surface area contributed by atoms with E-state index in [0.29, 0.717) is 28.4 Å². The molecule has 0 fully saturated rings. The van der Waals surface area contributed by atoms with Crippen molar-refractivity contribution in [2.45, 2.75) is 6.92 Å². The highest BCUT2D eigenvalue weighted by atomic mass is 16.7. The van der Waals surface area contributed by atoms with Gasteiger partial charge in [-0.3, -0.25) is 9.59 Å². The molecule has 2 heterocycles. The third-order valence-electron chi connectivity index (χ3n) is 4.12. The number of carbonyl (C=O) groups is 2. The van der Waals surface area contributed by atoms with E-state index in [0.717, 1.165) is 5.56 Å². The summed E-state index contributed by atoms with van der Waals surface area (Å²) in [6.07, 6.45) is 1.45. The second kappa shape index (κ2) is 6.87. The molecule has 0 atom stereocenters. The first-order valence-corrected chi connectivity index (χ1v) is 8.27. The lowest BCUT2D eigenvalue weighted by atomic mass is 10.1. The molecule has 27 heavy (non-hydrogen) atoms. The number of nitrogens with one attached hydrogen (secondary N) is 2. The molecule has 136 valence electrons. The van der Waals surface area contributed by atoms with Gasteiger partial charge in [-0.2, -0.15) is 0 Å². The molecule has 0 saturated carbocycles. The molecule has 1 aromatic heterocycles. The Kier molecular flexibility index (Phi) is 4.25. The van der Waals surface area contributed by atoms with Gasteiger partial charge in [-0.25, -0.2) is 0 Å². The van der Waals surface area contributed by atoms with Crippen molar-refractivity contribution in [3.63, 3.8) is 0 Å². The van der Waals surface area contributed by atoms with Crippen molar-refractivity contribution in [1.29, 1.82) is 0 Å². The number of rotatable bonds is 4. The van der Waals surface area contributed by atoms with E-state index in [9.17, 15) is 9.59 Å². The first kappa shape index (κ1) is 16.7. The van der Waals surface area contributed by atoms with Crippen LogP contribution in [0.5, 0.6) is 11.5 Å². The van der Waals surface area contributed by atoms with Crippen LogP contribution in [0.4, 0.5) is 11.4 Å². The Bertz CT molecular complexity index is 1020. The van der Waals surface area contributed by atoms with Gasteiger partial charge in [-0.15, -0.1) is 0 Å². The summed E-state index contributed by atoms with van der Waals surface area (Å²) in [5.41, 5.74) is 1.99. The molecule has 1 aliphatic rings. The first-order chi connectivity index (χ1) is 13.1. The molecule has 2 aromatic carbocycles. The molecular weight excluding hydrogens is 348 g/mol. The van der Waals surface area contributed by atoms with E-state index in [2.05, 4.69) is 10.6 Å². The molecule has 0 unspecified atom stereocenters. The van der Waals surface area contributed by atoms with Crippen LogP contribution < -0.4 is 20.1 Å². The van der Waals surface area contributed by atoms with Crippen molar-refractivity contribution in [1.82, 2.24) is 0 Å². The molecule has 2 amide bonds. The highest BCUT2D eigenvalue weighted by molar-refractivity contribution is 6.12. The molecule has 3 aromatic rings. The number of para-hydroxylation sites is 1. The lowest BCUT2D eigenvalue weighted by molar-refractivity contribution is 0.0996. The maximum Gasteiger partial charge on any atom is 0.291 e. The molecule has 7 nitrogen and oxygen atoms in total. The second-order valence-corrected chi connectivity index (χ2v) is 5.95. The minimum atomic E-state index is -0.416. The fourth-order valence-electron chi connectivity index (χ4n) is 2.75. The minimum absolute atomic E-state index is 0.161. The van der Waals surface area contributed by atoms with Gasteiger partial charge in [-0.1, -0.05) is 12.1 Å². The zero-order valence-electron chi connectivity index (χ0n) is 14.4. The van der Waals surface area contributed by atoms with Gasteiger partial charge < -0.3 is 24.5 Å². The maximum absolute atomic E-state index is 12.7. The number of hydrogen-bond donors (Lipinski definition) is 2. The number of furan rings is 1. The third kappa shape index (κ3) is 3.35. The number of aryl methyl sites for hydroxylation is 1. The van der Waals surface area contributed by atoms with Gasteiger partial charge >= 0.3 is 0 Å². The minimum Gasteiger partial charge on any atom is -0.459 e. The topological polar surface area (TPSA) is 89.8 Å². The van der Waals surface area contributed by atoms with Crippen molar-refractivity contribution in [2.24, 2.45) is 0 Å². The van der Waals surface area contributed by atoms with E-state index >= 15 is 0 Å². The Balaban J connectivity index is 1.54. The van der Waals surface area contributed by atoms with Crippen LogP contribution in [0.25, 0.3) is 0 Å². The van der Waals surface area contributed by atoms with Gasteiger partial charge in [-0.05, 0) is 37.3 Å². The van der Waals surface area contributed by atoms with Crippen LogP contribution in [0, 0.1) is 6.92 Å². The highest BCUT2D eigenvalue weighted by Gasteiger charge is 2.18. The van der Waals surface area contributed by atoms with Crippen molar-refractivity contribution in [2.75, 3.05) is 17.4 Å². The van der Waals surface area contributed by atoms with Crippen LogP contribution in [0.2, 0.25) is 0 Å². The average Bonchev–Trinajstić information content (AvgIpc) is 3.30. The van der Waals surface area contributed by atoms with Crippen LogP contribution in [0.15, 0.2) is 59.2 Å². The van der Waals surface area contributed by atoms with Gasteiger partial charge in [0.25, 0.3) is 11.8 Å². The zero-order valence-corrected chi connectivity index (χ0v) is 14.4. The fourth-order valence-corrected chi connectivity index (χ4v) is 2.75. The Labute approximate surface area is 154 Å². The summed E-state index contributed by atoms with van der Waals surface area (Å²) in [5.74, 6) is 0.639. The van der Waals surface area contributed by atoms with Gasteiger partial charge in [0.2, 0.25) is 6.79 Å². The quantitative estimate of drug-likeness (QED) is 0.734. The summed E-state index contributed by atoms with van der Waals surface area (Å²) >= 11 is 0. The number of carbonyl (C=O) groups excluding carboxylic acids is 2. The molecule has 0 saturated heterocycles. The van der Waals surface area contributed by atoms with Gasteiger partial charge in [0.1, 0.15) is 0 Å². The molecule has 2 N–H and O–H groups in total. The summed E-state index contributed by atoms with van der Waals surface area (Å²) < 4.78 is 15.8. The molecule has 4 rings (SSSR count). The van der Waals surface area contributed by atoms with Crippen LogP contribution in [-0.4, -0.2) is 18.6 Å². The number of fused-ring (bicyclic) bond motifs is 1. The van der Waals surface area contributed by atoms with Gasteiger partial charge in [0, 0.05) is 17.3 Å². The van der Waals surface area contributed by atoms with Crippen molar-refractivity contribution in [3.05, 3.63) is 71.7 Å². The normalized spacial score (nSPS) is 11.9. The Hall–Kier alpha value is -3.74. The number of amides is 2. The SMILES string of the molecule is Cc1ccoc1C(=O)Nc1ccccc1C(=O)Nc1ccc2c(c1)OCO2. The van der Waals surface area contributed by atoms with E-state index in [4.69, 9.17) is 13.9 Å². The van der Waals surface area contributed by atoms with Crippen LogP contribution in [-0.2, 0) is 0 Å².